The van der Waals surface area contributed by atoms with Gasteiger partial charge in [0.1, 0.15) is 10.7 Å². The summed E-state index contributed by atoms with van der Waals surface area (Å²) in [6, 6.07) is 0. The molecular formula is C10H14N4O3S. The van der Waals surface area contributed by atoms with Crippen LogP contribution in [0, 0.1) is 13.8 Å². The Morgan fingerprint density at radius 1 is 1.39 bits per heavy atom. The van der Waals surface area contributed by atoms with E-state index in [1.54, 1.807) is 20.9 Å². The number of hydrogen-bond donors (Lipinski definition) is 1. The Bertz CT molecular complexity index is 656. The molecule has 1 N–H and O–H groups in total. The molecule has 7 nitrogen and oxygen atoms in total. The van der Waals surface area contributed by atoms with Gasteiger partial charge in [0.2, 0.25) is 10.0 Å². The van der Waals surface area contributed by atoms with Gasteiger partial charge in [0, 0.05) is 13.2 Å². The lowest BCUT2D eigenvalue weighted by atomic mass is 10.4. The molecule has 2 heterocycles. The molecule has 0 radical (unpaired) electrons. The minimum Gasteiger partial charge on any atom is -0.447 e. The molecule has 0 atom stereocenters. The minimum absolute atomic E-state index is 0.0719. The molecule has 2 aromatic heterocycles. The molecule has 2 rings (SSSR count). The first-order valence-corrected chi connectivity index (χ1v) is 6.77. The molecule has 0 saturated carbocycles. The smallest absolute Gasteiger partial charge is 0.244 e. The normalized spacial score (nSPS) is 11.9. The van der Waals surface area contributed by atoms with E-state index < -0.39 is 10.0 Å². The lowest BCUT2D eigenvalue weighted by Gasteiger charge is -2.03. The van der Waals surface area contributed by atoms with Crippen LogP contribution in [-0.2, 0) is 23.6 Å². The van der Waals surface area contributed by atoms with E-state index in [0.717, 1.165) is 0 Å². The summed E-state index contributed by atoms with van der Waals surface area (Å²) < 4.78 is 33.1. The van der Waals surface area contributed by atoms with Crippen LogP contribution in [-0.4, -0.2) is 23.2 Å². The Balaban J connectivity index is 2.18. The van der Waals surface area contributed by atoms with Gasteiger partial charge in [-0.1, -0.05) is 0 Å². The van der Waals surface area contributed by atoms with E-state index in [2.05, 4.69) is 14.8 Å². The topological polar surface area (TPSA) is 90.0 Å². The fourth-order valence-electron chi connectivity index (χ4n) is 1.58. The van der Waals surface area contributed by atoms with Crippen LogP contribution in [0.15, 0.2) is 21.9 Å². The number of nitrogens with zero attached hydrogens (tertiary/aromatic N) is 3. The van der Waals surface area contributed by atoms with Crippen molar-refractivity contribution in [2.75, 3.05) is 0 Å². The highest BCUT2D eigenvalue weighted by Gasteiger charge is 2.20. The van der Waals surface area contributed by atoms with Crippen LogP contribution in [0.2, 0.25) is 0 Å². The Labute approximate surface area is 105 Å². The van der Waals surface area contributed by atoms with Gasteiger partial charge in [0.15, 0.2) is 6.39 Å². The molecule has 2 aromatic rings. The third-order valence-corrected chi connectivity index (χ3v) is 4.03. The summed E-state index contributed by atoms with van der Waals surface area (Å²) in [6.45, 7) is 3.47. The maximum absolute atomic E-state index is 12.0. The maximum atomic E-state index is 12.0. The average molecular weight is 270 g/mol. The second-order valence-corrected chi connectivity index (χ2v) is 5.67. The van der Waals surface area contributed by atoms with Crippen molar-refractivity contribution in [2.24, 2.45) is 7.05 Å². The molecular weight excluding hydrogens is 256 g/mol. The lowest BCUT2D eigenvalue weighted by molar-refractivity contribution is 0.492. The van der Waals surface area contributed by atoms with E-state index in [0.29, 0.717) is 17.1 Å². The zero-order valence-corrected chi connectivity index (χ0v) is 11.2. The van der Waals surface area contributed by atoms with Gasteiger partial charge in [-0.25, -0.2) is 18.1 Å². The largest absolute Gasteiger partial charge is 0.447 e. The van der Waals surface area contributed by atoms with Crippen LogP contribution in [0.5, 0.6) is 0 Å². The molecule has 98 valence electrons. The van der Waals surface area contributed by atoms with Crippen molar-refractivity contribution in [3.05, 3.63) is 29.7 Å². The predicted molar refractivity (Wildman–Crippen MR) is 63.2 cm³/mol. The highest BCUT2D eigenvalue weighted by molar-refractivity contribution is 7.89. The van der Waals surface area contributed by atoms with Gasteiger partial charge in [-0.05, 0) is 13.8 Å². The molecule has 8 heteroatoms. The first-order chi connectivity index (χ1) is 8.40. The Kier molecular flexibility index (Phi) is 3.22. The average Bonchev–Trinajstić information content (AvgIpc) is 2.82. The summed E-state index contributed by atoms with van der Waals surface area (Å²) in [4.78, 5) is 4.06. The van der Waals surface area contributed by atoms with Crippen molar-refractivity contribution >= 4 is 10.0 Å². The quantitative estimate of drug-likeness (QED) is 0.874. The highest BCUT2D eigenvalue weighted by atomic mass is 32.2. The molecule has 0 aromatic carbocycles. The number of aromatic nitrogens is 3. The molecule has 0 aliphatic carbocycles. The summed E-state index contributed by atoms with van der Waals surface area (Å²) in [5.74, 6) is 0.500. The number of oxazole rings is 1. The molecule has 18 heavy (non-hydrogen) atoms. The zero-order valence-electron chi connectivity index (χ0n) is 10.3. The Morgan fingerprint density at radius 3 is 2.61 bits per heavy atom. The number of rotatable bonds is 4. The highest BCUT2D eigenvalue weighted by Crippen LogP contribution is 2.13. The summed E-state index contributed by atoms with van der Waals surface area (Å²) in [5, 5.41) is 4.00. The van der Waals surface area contributed by atoms with Crippen molar-refractivity contribution in [1.29, 1.82) is 0 Å². The van der Waals surface area contributed by atoms with Gasteiger partial charge < -0.3 is 4.42 Å². The van der Waals surface area contributed by atoms with E-state index in [-0.39, 0.29) is 11.4 Å². The fraction of sp³-hybridized carbons (Fsp3) is 0.400. The molecule has 0 spiro atoms. The second kappa shape index (κ2) is 4.54. The first-order valence-electron chi connectivity index (χ1n) is 5.29. The van der Waals surface area contributed by atoms with Gasteiger partial charge in [-0.2, -0.15) is 5.10 Å². The molecule has 0 aliphatic heterocycles. The molecule has 0 saturated heterocycles. The van der Waals surface area contributed by atoms with Crippen molar-refractivity contribution in [3.63, 3.8) is 0 Å². The second-order valence-electron chi connectivity index (χ2n) is 3.94. The van der Waals surface area contributed by atoms with Crippen LogP contribution >= 0.6 is 0 Å². The molecule has 0 unspecified atom stereocenters. The van der Waals surface area contributed by atoms with E-state index in [1.165, 1.54) is 17.3 Å². The first kappa shape index (κ1) is 12.8. The number of sulfonamides is 1. The van der Waals surface area contributed by atoms with Crippen molar-refractivity contribution < 1.29 is 12.8 Å². The predicted octanol–water partition coefficient (Wildman–Crippen LogP) is 0.503. The van der Waals surface area contributed by atoms with E-state index in [9.17, 15) is 8.42 Å². The standard InChI is InChI=1S/C10H14N4O3S/c1-7-9(17-6-11-7)4-12-18(15,16)10-5-14(3)13-8(10)2/h5-6,12H,4H2,1-3H3. The van der Waals surface area contributed by atoms with Gasteiger partial charge in [-0.3, -0.25) is 4.68 Å². The molecule has 0 fully saturated rings. The van der Waals surface area contributed by atoms with E-state index in [4.69, 9.17) is 4.42 Å². The molecule has 0 amide bonds. The maximum Gasteiger partial charge on any atom is 0.244 e. The van der Waals surface area contributed by atoms with Gasteiger partial charge in [0.05, 0.1) is 17.9 Å². The van der Waals surface area contributed by atoms with Gasteiger partial charge in [0.25, 0.3) is 0 Å². The molecule has 0 aliphatic rings. The van der Waals surface area contributed by atoms with E-state index in [1.807, 2.05) is 0 Å². The van der Waals surface area contributed by atoms with Crippen LogP contribution in [0.1, 0.15) is 17.1 Å². The molecule has 0 bridgehead atoms. The Hall–Kier alpha value is -1.67. The monoisotopic (exact) mass is 270 g/mol. The van der Waals surface area contributed by atoms with Gasteiger partial charge in [-0.15, -0.1) is 0 Å². The summed E-state index contributed by atoms with van der Waals surface area (Å²) in [5.41, 5.74) is 1.12. The van der Waals surface area contributed by atoms with Crippen LogP contribution < -0.4 is 4.72 Å². The van der Waals surface area contributed by atoms with Gasteiger partial charge >= 0.3 is 0 Å². The summed E-state index contributed by atoms with van der Waals surface area (Å²) in [6.07, 6.45) is 2.75. The Morgan fingerprint density at radius 2 is 2.11 bits per heavy atom. The fourth-order valence-corrected chi connectivity index (χ4v) is 2.77. The van der Waals surface area contributed by atoms with Crippen molar-refractivity contribution in [1.82, 2.24) is 19.5 Å². The van der Waals surface area contributed by atoms with Crippen LogP contribution in [0.4, 0.5) is 0 Å². The summed E-state index contributed by atoms with van der Waals surface area (Å²) >= 11 is 0. The van der Waals surface area contributed by atoms with Crippen molar-refractivity contribution in [2.45, 2.75) is 25.3 Å². The third-order valence-electron chi connectivity index (χ3n) is 2.53. The lowest BCUT2D eigenvalue weighted by Crippen LogP contribution is -2.23. The summed E-state index contributed by atoms with van der Waals surface area (Å²) in [7, 11) is -1.91. The van der Waals surface area contributed by atoms with Crippen molar-refractivity contribution in [3.8, 4) is 0 Å². The zero-order chi connectivity index (χ0) is 13.3. The SMILES string of the molecule is Cc1nn(C)cc1S(=O)(=O)NCc1ocnc1C. The van der Waals surface area contributed by atoms with E-state index >= 15 is 0 Å². The number of nitrogens with one attached hydrogen (secondary N) is 1. The minimum atomic E-state index is -3.58. The third kappa shape index (κ3) is 2.44. The van der Waals surface area contributed by atoms with Crippen LogP contribution in [0.25, 0.3) is 0 Å². The number of hydrogen-bond acceptors (Lipinski definition) is 5. The van der Waals surface area contributed by atoms with Crippen LogP contribution in [0.3, 0.4) is 0 Å². The number of aryl methyl sites for hydroxylation is 3.